The van der Waals surface area contributed by atoms with Crippen molar-refractivity contribution < 1.29 is 22.9 Å². The van der Waals surface area contributed by atoms with Gasteiger partial charge in [-0.1, -0.05) is 35.9 Å². The number of amides is 1. The topological polar surface area (TPSA) is 119 Å². The quantitative estimate of drug-likeness (QED) is 0.203. The molecule has 0 saturated carbocycles. The lowest BCUT2D eigenvalue weighted by molar-refractivity contribution is -0.385. The first-order chi connectivity index (χ1) is 17.6. The number of aryl methyl sites for hydroxylation is 2. The van der Waals surface area contributed by atoms with Gasteiger partial charge in [0.15, 0.2) is 0 Å². The van der Waals surface area contributed by atoms with Gasteiger partial charge < -0.3 is 10.1 Å². The summed E-state index contributed by atoms with van der Waals surface area (Å²) in [6.45, 7) is 3.44. The van der Waals surface area contributed by atoms with Crippen LogP contribution in [0.5, 0.6) is 5.75 Å². The lowest BCUT2D eigenvalue weighted by Crippen LogP contribution is -2.41. The molecule has 0 saturated heterocycles. The van der Waals surface area contributed by atoms with Gasteiger partial charge in [-0.2, -0.15) is 11.8 Å². The number of hydrogen-bond acceptors (Lipinski definition) is 7. The fourth-order valence-corrected chi connectivity index (χ4v) is 5.83. The molecule has 0 aliphatic carbocycles. The highest BCUT2D eigenvalue weighted by molar-refractivity contribution is 7.98. The summed E-state index contributed by atoms with van der Waals surface area (Å²) in [4.78, 5) is 23.3. The number of anilines is 1. The fraction of sp³-hybridized carbons (Fsp3) is 0.269. The Hall–Kier alpha value is -3.57. The second-order valence-corrected chi connectivity index (χ2v) is 11.3. The Bertz CT molecular complexity index is 1360. The van der Waals surface area contributed by atoms with Gasteiger partial charge in [0.25, 0.3) is 15.7 Å². The molecule has 0 aliphatic heterocycles. The van der Waals surface area contributed by atoms with Gasteiger partial charge in [0.05, 0.1) is 22.6 Å². The molecule has 11 heteroatoms. The van der Waals surface area contributed by atoms with Gasteiger partial charge in [-0.05, 0) is 49.7 Å². The third-order valence-electron chi connectivity index (χ3n) is 5.53. The molecule has 0 aromatic heterocycles. The first-order valence-electron chi connectivity index (χ1n) is 11.4. The van der Waals surface area contributed by atoms with Crippen molar-refractivity contribution >= 4 is 39.1 Å². The summed E-state index contributed by atoms with van der Waals surface area (Å²) in [5.41, 5.74) is 2.63. The van der Waals surface area contributed by atoms with E-state index < -0.39 is 27.4 Å². The standard InChI is InChI=1S/C26H29N3O6S2/c1-19-5-4-6-21(15-19)18-36-14-13-27-26(30)17-28(22-8-10-23(35-3)11-9-22)37(33,34)24-12-7-20(2)25(16-24)29(31)32/h4-12,15-16H,13-14,17-18H2,1-3H3,(H,27,30). The molecule has 9 nitrogen and oxygen atoms in total. The summed E-state index contributed by atoms with van der Waals surface area (Å²) in [6.07, 6.45) is 0. The van der Waals surface area contributed by atoms with Crippen LogP contribution in [0, 0.1) is 24.0 Å². The normalized spacial score (nSPS) is 11.1. The van der Waals surface area contributed by atoms with Crippen LogP contribution < -0.4 is 14.4 Å². The van der Waals surface area contributed by atoms with Crippen molar-refractivity contribution in [3.05, 3.63) is 93.5 Å². The van der Waals surface area contributed by atoms with Crippen LogP contribution in [0.4, 0.5) is 11.4 Å². The van der Waals surface area contributed by atoms with E-state index in [0.29, 0.717) is 23.6 Å². The van der Waals surface area contributed by atoms with Crippen LogP contribution in [0.1, 0.15) is 16.7 Å². The molecule has 1 amide bonds. The number of thioether (sulfide) groups is 1. The number of benzene rings is 3. The van der Waals surface area contributed by atoms with E-state index in [0.717, 1.165) is 16.1 Å². The Balaban J connectivity index is 1.74. The van der Waals surface area contributed by atoms with Crippen LogP contribution in [-0.2, 0) is 20.6 Å². The lowest BCUT2D eigenvalue weighted by atomic mass is 10.2. The van der Waals surface area contributed by atoms with Crippen molar-refractivity contribution in [1.29, 1.82) is 0 Å². The molecule has 0 spiro atoms. The number of nitrogens with one attached hydrogen (secondary N) is 1. The van der Waals surface area contributed by atoms with E-state index in [1.807, 2.05) is 25.1 Å². The average molecular weight is 544 g/mol. The predicted molar refractivity (Wildman–Crippen MR) is 146 cm³/mol. The van der Waals surface area contributed by atoms with Gasteiger partial charge in [0, 0.05) is 29.7 Å². The van der Waals surface area contributed by atoms with Crippen molar-refractivity contribution in [2.45, 2.75) is 24.5 Å². The second kappa shape index (κ2) is 12.6. The molecule has 196 valence electrons. The first-order valence-corrected chi connectivity index (χ1v) is 14.0. The zero-order valence-corrected chi connectivity index (χ0v) is 22.5. The maximum atomic E-state index is 13.6. The number of nitro benzene ring substituents is 1. The molecule has 0 aliphatic rings. The first kappa shape index (κ1) is 28.0. The predicted octanol–water partition coefficient (Wildman–Crippen LogP) is 4.47. The van der Waals surface area contributed by atoms with Crippen LogP contribution >= 0.6 is 11.8 Å². The Morgan fingerprint density at radius 1 is 1.08 bits per heavy atom. The minimum Gasteiger partial charge on any atom is -0.497 e. The number of carbonyl (C=O) groups excluding carboxylic acids is 1. The van der Waals surface area contributed by atoms with E-state index in [9.17, 15) is 23.3 Å². The van der Waals surface area contributed by atoms with Crippen molar-refractivity contribution in [3.8, 4) is 5.75 Å². The Labute approximate surface area is 221 Å². The molecule has 0 heterocycles. The molecule has 0 unspecified atom stereocenters. The number of carbonyl (C=O) groups is 1. The van der Waals surface area contributed by atoms with E-state index >= 15 is 0 Å². The summed E-state index contributed by atoms with van der Waals surface area (Å²) < 4.78 is 33.2. The minimum atomic E-state index is -4.29. The van der Waals surface area contributed by atoms with E-state index in [1.165, 1.54) is 49.4 Å². The summed E-state index contributed by atoms with van der Waals surface area (Å²) in [6, 6.07) is 18.1. The molecule has 0 fully saturated rings. The highest BCUT2D eigenvalue weighted by atomic mass is 32.2. The summed E-state index contributed by atoms with van der Waals surface area (Å²) in [7, 11) is -2.81. The Kier molecular flexibility index (Phi) is 9.54. The van der Waals surface area contributed by atoms with Gasteiger partial charge >= 0.3 is 0 Å². The lowest BCUT2D eigenvalue weighted by Gasteiger charge is -2.24. The largest absolute Gasteiger partial charge is 0.497 e. The van der Waals surface area contributed by atoms with Crippen molar-refractivity contribution in [2.75, 3.05) is 30.3 Å². The smallest absolute Gasteiger partial charge is 0.273 e. The van der Waals surface area contributed by atoms with Gasteiger partial charge in [0.2, 0.25) is 5.91 Å². The van der Waals surface area contributed by atoms with Gasteiger partial charge in [-0.15, -0.1) is 0 Å². The summed E-state index contributed by atoms with van der Waals surface area (Å²) >= 11 is 1.66. The number of nitro groups is 1. The minimum absolute atomic E-state index is 0.230. The van der Waals surface area contributed by atoms with Crippen LogP contribution in [0.15, 0.2) is 71.6 Å². The van der Waals surface area contributed by atoms with Gasteiger partial charge in [-0.3, -0.25) is 19.2 Å². The van der Waals surface area contributed by atoms with E-state index in [2.05, 4.69) is 11.4 Å². The molecule has 37 heavy (non-hydrogen) atoms. The van der Waals surface area contributed by atoms with Crippen LogP contribution in [0.25, 0.3) is 0 Å². The van der Waals surface area contributed by atoms with E-state index in [1.54, 1.807) is 23.9 Å². The highest BCUT2D eigenvalue weighted by Gasteiger charge is 2.29. The second-order valence-electron chi connectivity index (χ2n) is 8.31. The van der Waals surface area contributed by atoms with E-state index in [-0.39, 0.29) is 16.3 Å². The highest BCUT2D eigenvalue weighted by Crippen LogP contribution is 2.29. The molecule has 0 bridgehead atoms. The number of ether oxygens (including phenoxy) is 1. The molecule has 0 radical (unpaired) electrons. The van der Waals surface area contributed by atoms with Crippen molar-refractivity contribution in [2.24, 2.45) is 0 Å². The van der Waals surface area contributed by atoms with Crippen LogP contribution in [0.2, 0.25) is 0 Å². The van der Waals surface area contributed by atoms with Gasteiger partial charge in [0.1, 0.15) is 12.3 Å². The fourth-order valence-electron chi connectivity index (χ4n) is 3.58. The molecule has 0 atom stereocenters. The number of sulfonamides is 1. The van der Waals surface area contributed by atoms with Crippen LogP contribution in [0.3, 0.4) is 0 Å². The summed E-state index contributed by atoms with van der Waals surface area (Å²) in [5, 5.41) is 14.2. The molecule has 3 rings (SSSR count). The van der Waals surface area contributed by atoms with Crippen molar-refractivity contribution in [1.82, 2.24) is 5.32 Å². The number of hydrogen-bond donors (Lipinski definition) is 1. The van der Waals surface area contributed by atoms with Crippen LogP contribution in [-0.4, -0.2) is 45.2 Å². The maximum Gasteiger partial charge on any atom is 0.273 e. The monoisotopic (exact) mass is 543 g/mol. The molecular weight excluding hydrogens is 514 g/mol. The molecule has 1 N–H and O–H groups in total. The van der Waals surface area contributed by atoms with Crippen molar-refractivity contribution in [3.63, 3.8) is 0 Å². The zero-order valence-electron chi connectivity index (χ0n) is 20.8. The number of methoxy groups -OCH3 is 1. The number of rotatable bonds is 12. The SMILES string of the molecule is COc1ccc(N(CC(=O)NCCSCc2cccc(C)c2)S(=O)(=O)c2ccc(C)c([N+](=O)[O-])c2)cc1. The number of nitrogens with zero attached hydrogens (tertiary/aromatic N) is 2. The molecular formula is C26H29N3O6S2. The third kappa shape index (κ3) is 7.46. The Morgan fingerprint density at radius 2 is 1.81 bits per heavy atom. The average Bonchev–Trinajstić information content (AvgIpc) is 2.87. The maximum absolute atomic E-state index is 13.6. The molecule has 3 aromatic carbocycles. The Morgan fingerprint density at radius 3 is 2.46 bits per heavy atom. The van der Waals surface area contributed by atoms with E-state index in [4.69, 9.17) is 4.74 Å². The summed E-state index contributed by atoms with van der Waals surface area (Å²) in [5.74, 6) is 1.48. The zero-order chi connectivity index (χ0) is 27.0. The third-order valence-corrected chi connectivity index (χ3v) is 8.33. The molecule has 3 aromatic rings. The van der Waals surface area contributed by atoms with Gasteiger partial charge in [-0.25, -0.2) is 8.42 Å².